The first-order chi connectivity index (χ1) is 16.9. The summed E-state index contributed by atoms with van der Waals surface area (Å²) in [4.78, 5) is 16.5. The molecule has 2 heterocycles. The monoisotopic (exact) mass is 492 g/mol. The largest absolute Gasteiger partial charge is 0.478 e. The van der Waals surface area contributed by atoms with Gasteiger partial charge in [-0.2, -0.15) is 4.31 Å². The zero-order valence-corrected chi connectivity index (χ0v) is 20.7. The molecule has 6 nitrogen and oxygen atoms in total. The molecule has 0 radical (unpaired) electrons. The van der Waals surface area contributed by atoms with E-state index >= 15 is 0 Å². The highest BCUT2D eigenvalue weighted by atomic mass is 32.2. The maximum absolute atomic E-state index is 13.2. The van der Waals surface area contributed by atoms with Crippen LogP contribution in [0.15, 0.2) is 72.8 Å². The summed E-state index contributed by atoms with van der Waals surface area (Å²) in [5.41, 5.74) is 3.70. The van der Waals surface area contributed by atoms with E-state index in [1.165, 1.54) is 5.56 Å². The van der Waals surface area contributed by atoms with E-state index in [2.05, 4.69) is 12.1 Å². The predicted molar refractivity (Wildman–Crippen MR) is 137 cm³/mol. The van der Waals surface area contributed by atoms with Crippen LogP contribution < -0.4 is 0 Å². The number of rotatable bonds is 11. The molecule has 35 heavy (non-hydrogen) atoms. The molecule has 0 unspecified atom stereocenters. The van der Waals surface area contributed by atoms with Crippen molar-refractivity contribution in [1.29, 1.82) is 0 Å². The Morgan fingerprint density at radius 3 is 2.14 bits per heavy atom. The van der Waals surface area contributed by atoms with Crippen LogP contribution in [-0.4, -0.2) is 41.1 Å². The van der Waals surface area contributed by atoms with Gasteiger partial charge in [0.1, 0.15) is 0 Å². The minimum Gasteiger partial charge on any atom is -0.478 e. The second kappa shape index (κ2) is 11.6. The lowest BCUT2D eigenvalue weighted by atomic mass is 10.0. The number of carboxylic acid groups (broad SMARTS) is 1. The highest BCUT2D eigenvalue weighted by Gasteiger charge is 2.36. The van der Waals surface area contributed by atoms with E-state index in [-0.39, 0.29) is 17.4 Å². The lowest BCUT2D eigenvalue weighted by molar-refractivity contribution is 0.0695. The molecule has 0 amide bonds. The number of aromatic nitrogens is 1. The van der Waals surface area contributed by atoms with Crippen LogP contribution in [-0.2, 0) is 29.3 Å². The Bertz CT molecular complexity index is 1230. The van der Waals surface area contributed by atoms with Gasteiger partial charge in [-0.15, -0.1) is 0 Å². The Kier molecular flexibility index (Phi) is 8.31. The number of carboxylic acids is 1. The van der Waals surface area contributed by atoms with E-state index in [9.17, 15) is 18.3 Å². The van der Waals surface area contributed by atoms with Crippen LogP contribution >= 0.6 is 0 Å². The summed E-state index contributed by atoms with van der Waals surface area (Å²) in [5.74, 6) is -0.911. The molecule has 3 aromatic rings. The molecule has 1 aliphatic rings. The third kappa shape index (κ3) is 6.55. The van der Waals surface area contributed by atoms with Crippen LogP contribution in [0.2, 0.25) is 0 Å². The normalized spacial score (nSPS) is 16.4. The van der Waals surface area contributed by atoms with Gasteiger partial charge in [0.2, 0.25) is 10.0 Å². The van der Waals surface area contributed by atoms with Crippen molar-refractivity contribution in [2.75, 3.05) is 12.3 Å². The van der Waals surface area contributed by atoms with Crippen molar-refractivity contribution in [3.8, 4) is 0 Å². The van der Waals surface area contributed by atoms with Crippen LogP contribution in [0, 0.1) is 0 Å². The maximum atomic E-state index is 13.2. The first-order valence-electron chi connectivity index (χ1n) is 12.2. The van der Waals surface area contributed by atoms with E-state index in [4.69, 9.17) is 4.98 Å². The van der Waals surface area contributed by atoms with Gasteiger partial charge in [0, 0.05) is 6.54 Å². The Labute approximate surface area is 207 Å². The second-order valence-corrected chi connectivity index (χ2v) is 11.1. The first kappa shape index (κ1) is 25.1. The van der Waals surface area contributed by atoms with Crippen molar-refractivity contribution in [3.63, 3.8) is 0 Å². The fourth-order valence-corrected chi connectivity index (χ4v) is 6.54. The average Bonchev–Trinajstić information content (AvgIpc) is 3.36. The SMILES string of the molecule is O=C(O)c1ccc([C@@H]2CCCN2S(=O)(=O)CCCc2ccccc2)nc1CCCc1ccccc1. The summed E-state index contributed by atoms with van der Waals surface area (Å²) in [5, 5.41) is 9.66. The van der Waals surface area contributed by atoms with Gasteiger partial charge in [-0.25, -0.2) is 13.2 Å². The number of nitrogens with zero attached hydrogens (tertiary/aromatic N) is 2. The van der Waals surface area contributed by atoms with E-state index in [1.54, 1.807) is 16.4 Å². The van der Waals surface area contributed by atoms with Gasteiger partial charge >= 0.3 is 5.97 Å². The second-order valence-electron chi connectivity index (χ2n) is 9.05. The van der Waals surface area contributed by atoms with Crippen molar-refractivity contribution in [3.05, 3.63) is 101 Å². The van der Waals surface area contributed by atoms with Gasteiger partial charge in [-0.05, 0) is 68.2 Å². The Hall–Kier alpha value is -3.03. The molecule has 1 atom stereocenters. The van der Waals surface area contributed by atoms with Crippen molar-refractivity contribution in [1.82, 2.24) is 9.29 Å². The fourth-order valence-electron chi connectivity index (χ4n) is 4.78. The van der Waals surface area contributed by atoms with Crippen molar-refractivity contribution < 1.29 is 18.3 Å². The number of carbonyl (C=O) groups is 1. The molecule has 1 saturated heterocycles. The number of hydrogen-bond donors (Lipinski definition) is 1. The Balaban J connectivity index is 1.46. The molecule has 0 bridgehead atoms. The van der Waals surface area contributed by atoms with Crippen molar-refractivity contribution >= 4 is 16.0 Å². The molecule has 184 valence electrons. The van der Waals surface area contributed by atoms with Crippen LogP contribution in [0.3, 0.4) is 0 Å². The van der Waals surface area contributed by atoms with Crippen molar-refractivity contribution in [2.45, 2.75) is 51.0 Å². The molecule has 7 heteroatoms. The lowest BCUT2D eigenvalue weighted by Gasteiger charge is -2.24. The summed E-state index contributed by atoms with van der Waals surface area (Å²) in [6.07, 6.45) is 4.88. The molecule has 1 aromatic heterocycles. The minimum absolute atomic E-state index is 0.0928. The number of benzene rings is 2. The number of sulfonamides is 1. The fraction of sp³-hybridized carbons (Fsp3) is 0.357. The molecule has 4 rings (SSSR count). The first-order valence-corrected chi connectivity index (χ1v) is 13.9. The topological polar surface area (TPSA) is 87.6 Å². The minimum atomic E-state index is -3.44. The van der Waals surface area contributed by atoms with Gasteiger partial charge in [0.25, 0.3) is 0 Å². The lowest BCUT2D eigenvalue weighted by Crippen LogP contribution is -2.33. The number of aromatic carboxylic acids is 1. The third-order valence-electron chi connectivity index (χ3n) is 6.56. The highest BCUT2D eigenvalue weighted by Crippen LogP contribution is 2.34. The summed E-state index contributed by atoms with van der Waals surface area (Å²) >= 11 is 0. The van der Waals surface area contributed by atoms with Crippen LogP contribution in [0.4, 0.5) is 0 Å². The van der Waals surface area contributed by atoms with E-state index in [0.29, 0.717) is 37.2 Å². The summed E-state index contributed by atoms with van der Waals surface area (Å²) < 4.78 is 28.0. The summed E-state index contributed by atoms with van der Waals surface area (Å²) in [6.45, 7) is 0.476. The number of pyridine rings is 1. The van der Waals surface area contributed by atoms with Gasteiger partial charge in [-0.1, -0.05) is 60.7 Å². The van der Waals surface area contributed by atoms with E-state index < -0.39 is 16.0 Å². The summed E-state index contributed by atoms with van der Waals surface area (Å²) in [7, 11) is -3.44. The average molecular weight is 493 g/mol. The molecule has 2 aromatic carbocycles. The quantitative estimate of drug-likeness (QED) is 0.404. The maximum Gasteiger partial charge on any atom is 0.337 e. The smallest absolute Gasteiger partial charge is 0.337 e. The highest BCUT2D eigenvalue weighted by molar-refractivity contribution is 7.89. The van der Waals surface area contributed by atoms with Gasteiger partial charge in [0.05, 0.1) is 28.7 Å². The molecule has 1 aliphatic heterocycles. The Morgan fingerprint density at radius 1 is 0.886 bits per heavy atom. The zero-order valence-electron chi connectivity index (χ0n) is 19.8. The Morgan fingerprint density at radius 2 is 1.51 bits per heavy atom. The molecule has 0 aliphatic carbocycles. The van der Waals surface area contributed by atoms with Gasteiger partial charge in [0.15, 0.2) is 0 Å². The third-order valence-corrected chi connectivity index (χ3v) is 8.52. The standard InChI is InChI=1S/C28H32N2O4S/c31-28(32)24-18-19-26(29-25(24)16-7-14-22-10-3-1-4-11-22)27-17-8-20-30(27)35(33,34)21-9-15-23-12-5-2-6-13-23/h1-6,10-13,18-19,27H,7-9,14-17,20-21H2,(H,31,32)/t27-/m0/s1. The van der Waals surface area contributed by atoms with E-state index in [0.717, 1.165) is 31.2 Å². The van der Waals surface area contributed by atoms with Crippen LogP contribution in [0.1, 0.15) is 64.6 Å². The molecular weight excluding hydrogens is 460 g/mol. The number of hydrogen-bond acceptors (Lipinski definition) is 4. The van der Waals surface area contributed by atoms with Crippen LogP contribution in [0.5, 0.6) is 0 Å². The van der Waals surface area contributed by atoms with Crippen LogP contribution in [0.25, 0.3) is 0 Å². The van der Waals surface area contributed by atoms with Gasteiger partial charge in [-0.3, -0.25) is 4.98 Å². The predicted octanol–water partition coefficient (Wildman–Crippen LogP) is 5.05. The molecular formula is C28H32N2O4S. The van der Waals surface area contributed by atoms with E-state index in [1.807, 2.05) is 48.5 Å². The molecule has 0 spiro atoms. The molecule has 0 saturated carbocycles. The van der Waals surface area contributed by atoms with Gasteiger partial charge < -0.3 is 5.11 Å². The molecule has 1 N–H and O–H groups in total. The summed E-state index contributed by atoms with van der Waals surface area (Å²) in [6, 6.07) is 22.9. The number of aryl methyl sites for hydroxylation is 3. The van der Waals surface area contributed by atoms with Crippen molar-refractivity contribution in [2.24, 2.45) is 0 Å². The molecule has 1 fully saturated rings. The zero-order chi connectivity index (χ0) is 24.7.